The maximum Gasteiger partial charge on any atom is 0.391 e. The second-order valence-electron chi connectivity index (χ2n) is 7.01. The summed E-state index contributed by atoms with van der Waals surface area (Å²) in [5.41, 5.74) is 0.128. The largest absolute Gasteiger partial charge is 0.391 e. The zero-order chi connectivity index (χ0) is 15.2. The molecule has 0 aromatic rings. The molecule has 5 heteroatoms. The molecule has 2 nitrogen and oxygen atoms in total. The van der Waals surface area contributed by atoms with E-state index in [0.29, 0.717) is 19.3 Å². The van der Waals surface area contributed by atoms with E-state index in [1.54, 1.807) is 0 Å². The first-order chi connectivity index (χ1) is 9.18. The molecule has 1 saturated carbocycles. The second kappa shape index (κ2) is 7.64. The van der Waals surface area contributed by atoms with Gasteiger partial charge in [-0.15, -0.1) is 0 Å². The first-order valence-electron chi connectivity index (χ1n) is 7.71. The van der Waals surface area contributed by atoms with E-state index in [-0.39, 0.29) is 11.5 Å². The summed E-state index contributed by atoms with van der Waals surface area (Å²) in [6.45, 7) is 8.91. The van der Waals surface area contributed by atoms with Gasteiger partial charge in [-0.2, -0.15) is 13.2 Å². The van der Waals surface area contributed by atoms with Crippen molar-refractivity contribution in [2.24, 2.45) is 11.8 Å². The highest BCUT2D eigenvalue weighted by Crippen LogP contribution is 2.39. The monoisotopic (exact) mass is 294 g/mol. The van der Waals surface area contributed by atoms with Gasteiger partial charge in [-0.3, -0.25) is 0 Å². The van der Waals surface area contributed by atoms with Crippen LogP contribution in [0.1, 0.15) is 52.9 Å². The number of nitrogens with one attached hydrogen (secondary N) is 2. The molecule has 2 N–H and O–H groups in total. The molecule has 0 heterocycles. The third-order valence-electron chi connectivity index (χ3n) is 3.86. The molecule has 1 aliphatic carbocycles. The van der Waals surface area contributed by atoms with Crippen LogP contribution < -0.4 is 10.6 Å². The smallest absolute Gasteiger partial charge is 0.316 e. The topological polar surface area (TPSA) is 24.1 Å². The van der Waals surface area contributed by atoms with Crippen molar-refractivity contribution in [3.63, 3.8) is 0 Å². The molecule has 1 rings (SSSR count). The Hall–Kier alpha value is -0.290. The van der Waals surface area contributed by atoms with Gasteiger partial charge in [0.25, 0.3) is 0 Å². The van der Waals surface area contributed by atoms with E-state index in [2.05, 4.69) is 31.4 Å². The van der Waals surface area contributed by atoms with E-state index in [1.807, 2.05) is 0 Å². The molecule has 0 aromatic heterocycles. The molecule has 2 unspecified atom stereocenters. The number of rotatable bonds is 6. The average Bonchev–Trinajstić information content (AvgIpc) is 2.31. The van der Waals surface area contributed by atoms with Gasteiger partial charge in [0.1, 0.15) is 0 Å². The van der Waals surface area contributed by atoms with E-state index in [0.717, 1.165) is 32.5 Å². The van der Waals surface area contributed by atoms with Crippen LogP contribution in [0, 0.1) is 11.8 Å². The van der Waals surface area contributed by atoms with Crippen LogP contribution in [-0.4, -0.2) is 31.3 Å². The first kappa shape index (κ1) is 17.8. The fourth-order valence-corrected chi connectivity index (χ4v) is 2.76. The van der Waals surface area contributed by atoms with Gasteiger partial charge in [-0.25, -0.2) is 0 Å². The normalized spacial score (nSPS) is 24.9. The molecular weight excluding hydrogens is 265 g/mol. The van der Waals surface area contributed by atoms with Crippen LogP contribution in [0.5, 0.6) is 0 Å². The van der Waals surface area contributed by atoms with Gasteiger partial charge in [-0.05, 0) is 72.0 Å². The second-order valence-corrected chi connectivity index (χ2v) is 7.01. The zero-order valence-electron chi connectivity index (χ0n) is 12.9. The van der Waals surface area contributed by atoms with Crippen molar-refractivity contribution >= 4 is 0 Å². The van der Waals surface area contributed by atoms with Crippen LogP contribution in [0.15, 0.2) is 0 Å². The summed E-state index contributed by atoms with van der Waals surface area (Å²) in [6, 6.07) is 0. The van der Waals surface area contributed by atoms with E-state index >= 15 is 0 Å². The van der Waals surface area contributed by atoms with Gasteiger partial charge in [-0.1, -0.05) is 6.42 Å². The van der Waals surface area contributed by atoms with Crippen LogP contribution in [-0.2, 0) is 0 Å². The van der Waals surface area contributed by atoms with Crippen molar-refractivity contribution in [2.75, 3.05) is 19.6 Å². The van der Waals surface area contributed by atoms with E-state index < -0.39 is 12.1 Å². The van der Waals surface area contributed by atoms with E-state index in [1.165, 1.54) is 0 Å². The summed E-state index contributed by atoms with van der Waals surface area (Å²) in [6.07, 6.45) is -0.740. The molecule has 0 aromatic carbocycles. The molecular formula is C15H29F3N2. The molecule has 0 radical (unpaired) electrons. The number of hydrogen-bond acceptors (Lipinski definition) is 2. The van der Waals surface area contributed by atoms with Gasteiger partial charge in [0, 0.05) is 5.54 Å². The Labute approximate surface area is 120 Å². The molecule has 0 spiro atoms. The lowest BCUT2D eigenvalue weighted by atomic mass is 9.81. The molecule has 120 valence electrons. The van der Waals surface area contributed by atoms with Gasteiger partial charge in [0.05, 0.1) is 5.92 Å². The zero-order valence-corrected chi connectivity index (χ0v) is 12.9. The van der Waals surface area contributed by atoms with Crippen LogP contribution in [0.2, 0.25) is 0 Å². The first-order valence-corrected chi connectivity index (χ1v) is 7.71. The van der Waals surface area contributed by atoms with Crippen molar-refractivity contribution in [1.82, 2.24) is 10.6 Å². The van der Waals surface area contributed by atoms with Crippen molar-refractivity contribution in [2.45, 2.75) is 64.6 Å². The summed E-state index contributed by atoms with van der Waals surface area (Å²) in [7, 11) is 0. The number of halogens is 3. The molecule has 0 bridgehead atoms. The molecule has 0 amide bonds. The van der Waals surface area contributed by atoms with Crippen molar-refractivity contribution < 1.29 is 13.2 Å². The lowest BCUT2D eigenvalue weighted by Gasteiger charge is -2.30. The van der Waals surface area contributed by atoms with Gasteiger partial charge in [0.15, 0.2) is 0 Å². The lowest BCUT2D eigenvalue weighted by Crippen LogP contribution is -2.38. The SMILES string of the molecule is CC(C)(C)NCCCNCC1CCCC(C(F)(F)F)C1. The predicted octanol–water partition coefficient (Wildman–Crippen LogP) is 3.72. The number of hydrogen-bond donors (Lipinski definition) is 2. The molecule has 0 saturated heterocycles. The Kier molecular flexibility index (Phi) is 6.79. The maximum absolute atomic E-state index is 12.7. The van der Waals surface area contributed by atoms with E-state index in [9.17, 15) is 13.2 Å². The van der Waals surface area contributed by atoms with Crippen LogP contribution in [0.3, 0.4) is 0 Å². The molecule has 1 fully saturated rings. The van der Waals surface area contributed by atoms with Gasteiger partial charge < -0.3 is 10.6 Å². The van der Waals surface area contributed by atoms with Gasteiger partial charge in [0.2, 0.25) is 0 Å². The van der Waals surface area contributed by atoms with Crippen molar-refractivity contribution in [1.29, 1.82) is 0 Å². The fraction of sp³-hybridized carbons (Fsp3) is 1.00. The summed E-state index contributed by atoms with van der Waals surface area (Å²) in [5.74, 6) is -0.892. The van der Waals surface area contributed by atoms with Crippen LogP contribution >= 0.6 is 0 Å². The number of alkyl halides is 3. The third kappa shape index (κ3) is 7.48. The van der Waals surface area contributed by atoms with Gasteiger partial charge >= 0.3 is 6.18 Å². The predicted molar refractivity (Wildman–Crippen MR) is 76.7 cm³/mol. The van der Waals surface area contributed by atoms with Crippen molar-refractivity contribution in [3.05, 3.63) is 0 Å². The highest BCUT2D eigenvalue weighted by Gasteiger charge is 2.41. The summed E-state index contributed by atoms with van der Waals surface area (Å²) in [5, 5.41) is 6.70. The minimum absolute atomic E-state index is 0.128. The quantitative estimate of drug-likeness (QED) is 0.730. The Morgan fingerprint density at radius 3 is 2.35 bits per heavy atom. The minimum atomic E-state index is -4.00. The van der Waals surface area contributed by atoms with E-state index in [4.69, 9.17) is 0 Å². The average molecular weight is 294 g/mol. The Bertz CT molecular complexity index is 271. The molecule has 2 atom stereocenters. The highest BCUT2D eigenvalue weighted by molar-refractivity contribution is 4.79. The summed E-state index contributed by atoms with van der Waals surface area (Å²) in [4.78, 5) is 0. The third-order valence-corrected chi connectivity index (χ3v) is 3.86. The lowest BCUT2D eigenvalue weighted by molar-refractivity contribution is -0.185. The molecule has 20 heavy (non-hydrogen) atoms. The fourth-order valence-electron chi connectivity index (χ4n) is 2.76. The summed E-state index contributed by atoms with van der Waals surface area (Å²) < 4.78 is 38.1. The maximum atomic E-state index is 12.7. The standard InChI is InChI=1S/C15H29F3N2/c1-14(2,3)20-9-5-8-19-11-12-6-4-7-13(10-12)15(16,17)18/h12-13,19-20H,4-11H2,1-3H3. The summed E-state index contributed by atoms with van der Waals surface area (Å²) >= 11 is 0. The minimum Gasteiger partial charge on any atom is -0.316 e. The Morgan fingerprint density at radius 1 is 1.05 bits per heavy atom. The molecule has 1 aliphatic rings. The Morgan fingerprint density at radius 2 is 1.75 bits per heavy atom. The highest BCUT2D eigenvalue weighted by atomic mass is 19.4. The van der Waals surface area contributed by atoms with Crippen molar-refractivity contribution in [3.8, 4) is 0 Å². The molecule has 0 aliphatic heterocycles. The van der Waals surface area contributed by atoms with Crippen LogP contribution in [0.4, 0.5) is 13.2 Å². The Balaban J connectivity index is 2.10. The van der Waals surface area contributed by atoms with Crippen LogP contribution in [0.25, 0.3) is 0 Å².